The normalized spacial score (nSPS) is 11.2. The molecule has 102 valence electrons. The second-order valence-electron chi connectivity index (χ2n) is 4.90. The minimum atomic E-state index is -1.50. The van der Waals surface area contributed by atoms with Gasteiger partial charge in [-0.25, -0.2) is 4.52 Å². The van der Waals surface area contributed by atoms with Crippen molar-refractivity contribution in [2.45, 2.75) is 20.8 Å². The van der Waals surface area contributed by atoms with Crippen molar-refractivity contribution in [2.75, 3.05) is 0 Å². The summed E-state index contributed by atoms with van der Waals surface area (Å²) in [5.74, 6) is 0.581. The van der Waals surface area contributed by atoms with Crippen LogP contribution in [0.4, 0.5) is 0 Å². The van der Waals surface area contributed by atoms with Crippen LogP contribution in [-0.4, -0.2) is 36.3 Å². The third-order valence-corrected chi connectivity index (χ3v) is 3.53. The number of rotatable bonds is 2. The van der Waals surface area contributed by atoms with Gasteiger partial charge in [-0.1, -0.05) is 0 Å². The molecule has 0 aliphatic carbocycles. The van der Waals surface area contributed by atoms with E-state index < -0.39 is 7.12 Å². The molecule has 3 rings (SSSR count). The lowest BCUT2D eigenvalue weighted by Crippen LogP contribution is -2.32. The topological polar surface area (TPSA) is 75.6 Å². The molecule has 0 saturated heterocycles. The molecule has 20 heavy (non-hydrogen) atoms. The molecule has 0 aliphatic heterocycles. The second kappa shape index (κ2) is 4.47. The van der Waals surface area contributed by atoms with Gasteiger partial charge in [0.1, 0.15) is 0 Å². The number of aromatic nitrogens is 4. The summed E-state index contributed by atoms with van der Waals surface area (Å²) < 4.78 is 3.61. The van der Waals surface area contributed by atoms with Crippen molar-refractivity contribution in [3.8, 4) is 5.95 Å². The summed E-state index contributed by atoms with van der Waals surface area (Å²) >= 11 is 0. The Balaban J connectivity index is 2.24. The van der Waals surface area contributed by atoms with Gasteiger partial charge in [0.2, 0.25) is 0 Å². The Kier molecular flexibility index (Phi) is 2.88. The van der Waals surface area contributed by atoms with E-state index in [0.717, 1.165) is 11.4 Å². The molecule has 0 unspecified atom stereocenters. The average molecular weight is 270 g/mol. The number of hydrogen-bond acceptors (Lipinski definition) is 4. The van der Waals surface area contributed by atoms with Crippen LogP contribution in [0.25, 0.3) is 11.6 Å². The Morgan fingerprint density at radius 1 is 1.05 bits per heavy atom. The Hall–Kier alpha value is -2.12. The molecule has 0 saturated carbocycles. The Bertz CT molecular complexity index is 772. The fourth-order valence-corrected chi connectivity index (χ4v) is 2.43. The Labute approximate surface area is 116 Å². The maximum Gasteiger partial charge on any atom is 0.488 e. The fraction of sp³-hybridized carbons (Fsp3) is 0.231. The lowest BCUT2D eigenvalue weighted by molar-refractivity contribution is 0.425. The van der Waals surface area contributed by atoms with Crippen LogP contribution in [0, 0.1) is 20.8 Å². The van der Waals surface area contributed by atoms with Crippen LogP contribution in [0.1, 0.15) is 17.0 Å². The van der Waals surface area contributed by atoms with E-state index in [9.17, 15) is 10.0 Å². The lowest BCUT2D eigenvalue weighted by Gasteiger charge is -2.04. The molecule has 3 heterocycles. The number of pyridine rings is 1. The maximum atomic E-state index is 9.34. The highest BCUT2D eigenvalue weighted by Crippen LogP contribution is 2.15. The van der Waals surface area contributed by atoms with Gasteiger partial charge in [-0.15, -0.1) is 5.10 Å². The maximum absolute atomic E-state index is 9.34. The van der Waals surface area contributed by atoms with Gasteiger partial charge in [0.05, 0.1) is 0 Å². The zero-order valence-electron chi connectivity index (χ0n) is 11.6. The van der Waals surface area contributed by atoms with Crippen molar-refractivity contribution < 1.29 is 10.0 Å². The largest absolute Gasteiger partial charge is 0.488 e. The van der Waals surface area contributed by atoms with Crippen LogP contribution >= 0.6 is 0 Å². The van der Waals surface area contributed by atoms with E-state index in [4.69, 9.17) is 0 Å². The van der Waals surface area contributed by atoms with Crippen molar-refractivity contribution in [1.29, 1.82) is 0 Å². The summed E-state index contributed by atoms with van der Waals surface area (Å²) in [5, 5.41) is 23.1. The molecular weight excluding hydrogens is 255 g/mol. The minimum Gasteiger partial charge on any atom is -0.423 e. The molecule has 0 aromatic carbocycles. The third-order valence-electron chi connectivity index (χ3n) is 3.53. The van der Waals surface area contributed by atoms with Gasteiger partial charge in [0, 0.05) is 17.6 Å². The van der Waals surface area contributed by atoms with E-state index >= 15 is 0 Å². The first-order valence-corrected chi connectivity index (χ1v) is 6.36. The summed E-state index contributed by atoms with van der Waals surface area (Å²) in [7, 11) is -1.50. The molecule has 0 fully saturated rings. The van der Waals surface area contributed by atoms with Crippen molar-refractivity contribution in [3.05, 3.63) is 41.3 Å². The van der Waals surface area contributed by atoms with Gasteiger partial charge >= 0.3 is 7.12 Å². The molecule has 0 aliphatic rings. The molecule has 0 bridgehead atoms. The number of hydrogen-bond donors (Lipinski definition) is 2. The first-order valence-electron chi connectivity index (χ1n) is 6.36. The molecule has 0 amide bonds. The highest BCUT2D eigenvalue weighted by atomic mass is 16.4. The van der Waals surface area contributed by atoms with Crippen molar-refractivity contribution in [1.82, 2.24) is 19.2 Å². The second-order valence-corrected chi connectivity index (χ2v) is 4.90. The Morgan fingerprint density at radius 2 is 1.70 bits per heavy atom. The monoisotopic (exact) mass is 270 g/mol. The number of nitrogens with zero attached hydrogens (tertiary/aromatic N) is 4. The van der Waals surface area contributed by atoms with Crippen LogP contribution in [0.15, 0.2) is 24.4 Å². The molecule has 2 N–H and O–H groups in total. The first kappa shape index (κ1) is 12.9. The summed E-state index contributed by atoms with van der Waals surface area (Å²) in [6.45, 7) is 5.79. The molecule has 6 nitrogen and oxygen atoms in total. The smallest absolute Gasteiger partial charge is 0.423 e. The molecule has 7 heteroatoms. The van der Waals surface area contributed by atoms with E-state index in [1.54, 1.807) is 23.7 Å². The molecule has 3 aromatic rings. The molecule has 0 atom stereocenters. The number of aryl methyl sites for hydroxylation is 3. The van der Waals surface area contributed by atoms with Gasteiger partial charge in [0.25, 0.3) is 5.95 Å². The summed E-state index contributed by atoms with van der Waals surface area (Å²) in [6.07, 6.45) is 1.68. The molecular formula is C13H15BN4O2. The molecule has 0 spiro atoms. The van der Waals surface area contributed by atoms with Gasteiger partial charge in [-0.05, 0) is 50.0 Å². The summed E-state index contributed by atoms with van der Waals surface area (Å²) in [5.41, 5.74) is 3.89. The first-order chi connectivity index (χ1) is 9.49. The summed E-state index contributed by atoms with van der Waals surface area (Å²) in [4.78, 5) is 4.51. The van der Waals surface area contributed by atoms with Crippen LogP contribution in [0.5, 0.6) is 0 Å². The lowest BCUT2D eigenvalue weighted by atomic mass is 9.78. The van der Waals surface area contributed by atoms with E-state index in [-0.39, 0.29) is 0 Å². The van der Waals surface area contributed by atoms with Crippen LogP contribution < -0.4 is 5.46 Å². The quantitative estimate of drug-likeness (QED) is 0.649. The molecule has 3 aromatic heterocycles. The van der Waals surface area contributed by atoms with Crippen molar-refractivity contribution in [3.63, 3.8) is 0 Å². The van der Waals surface area contributed by atoms with Crippen LogP contribution in [-0.2, 0) is 0 Å². The van der Waals surface area contributed by atoms with E-state index in [1.807, 2.05) is 30.5 Å². The highest BCUT2D eigenvalue weighted by Gasteiger charge is 2.18. The highest BCUT2D eigenvalue weighted by molar-refractivity contribution is 6.59. The number of fused-ring (bicyclic) bond motifs is 1. The predicted octanol–water partition coefficient (Wildman–Crippen LogP) is 0.125. The van der Waals surface area contributed by atoms with Crippen molar-refractivity contribution in [2.24, 2.45) is 0 Å². The van der Waals surface area contributed by atoms with Crippen molar-refractivity contribution >= 4 is 18.2 Å². The van der Waals surface area contributed by atoms with E-state index in [0.29, 0.717) is 22.6 Å². The zero-order valence-corrected chi connectivity index (χ0v) is 11.6. The Morgan fingerprint density at radius 3 is 2.30 bits per heavy atom. The standard InChI is InChI=1S/C13H15BN4O2/c1-8-4-5-9(2)18(8)13-15-12-10(3)11(14(19)20)6-7-17(12)16-13/h4-7,19-20H,1-3H3. The fourth-order valence-electron chi connectivity index (χ4n) is 2.43. The zero-order chi connectivity index (χ0) is 14.4. The minimum absolute atomic E-state index is 0.442. The third kappa shape index (κ3) is 1.83. The average Bonchev–Trinajstić information content (AvgIpc) is 2.93. The van der Waals surface area contributed by atoms with Gasteiger partial charge in [0.15, 0.2) is 5.65 Å². The van der Waals surface area contributed by atoms with Crippen LogP contribution in [0.3, 0.4) is 0 Å². The van der Waals surface area contributed by atoms with Gasteiger partial charge in [-0.2, -0.15) is 4.98 Å². The van der Waals surface area contributed by atoms with E-state index in [2.05, 4.69) is 10.1 Å². The van der Waals surface area contributed by atoms with Gasteiger partial charge in [-0.3, -0.25) is 4.57 Å². The summed E-state index contributed by atoms with van der Waals surface area (Å²) in [6, 6.07) is 5.66. The molecule has 0 radical (unpaired) electrons. The van der Waals surface area contributed by atoms with Gasteiger partial charge < -0.3 is 10.0 Å². The SMILES string of the molecule is Cc1c(B(O)O)ccn2nc(-n3c(C)ccc3C)nc12. The predicted molar refractivity (Wildman–Crippen MR) is 76.4 cm³/mol. The van der Waals surface area contributed by atoms with Crippen LogP contribution in [0.2, 0.25) is 0 Å². The van der Waals surface area contributed by atoms with E-state index in [1.165, 1.54) is 0 Å².